The van der Waals surface area contributed by atoms with Crippen LogP contribution in [0.5, 0.6) is 0 Å². The van der Waals surface area contributed by atoms with E-state index in [2.05, 4.69) is 40.4 Å². The first-order valence-corrected chi connectivity index (χ1v) is 9.23. The van der Waals surface area contributed by atoms with Gasteiger partial charge in [-0.15, -0.1) is 0 Å². The van der Waals surface area contributed by atoms with Crippen molar-refractivity contribution in [3.63, 3.8) is 0 Å². The summed E-state index contributed by atoms with van der Waals surface area (Å²) in [5.41, 5.74) is 7.98. The number of rotatable bonds is 2. The van der Waals surface area contributed by atoms with E-state index in [9.17, 15) is 4.79 Å². The fourth-order valence-electron chi connectivity index (χ4n) is 3.76. The highest BCUT2D eigenvalue weighted by Gasteiger charge is 2.17. The molecule has 2 aromatic carbocycles. The van der Waals surface area contributed by atoms with Gasteiger partial charge >= 0.3 is 0 Å². The van der Waals surface area contributed by atoms with Crippen LogP contribution in [-0.2, 0) is 11.3 Å². The number of benzene rings is 2. The summed E-state index contributed by atoms with van der Waals surface area (Å²) in [5.74, 6) is -0.0958. The largest absolute Gasteiger partial charge is 0.357 e. The van der Waals surface area contributed by atoms with E-state index in [-0.39, 0.29) is 12.6 Å². The fraction of sp³-hybridized carbons (Fsp3) is 0.130. The Morgan fingerprint density at radius 2 is 1.89 bits per heavy atom. The lowest BCUT2D eigenvalue weighted by Crippen LogP contribution is -2.23. The summed E-state index contributed by atoms with van der Waals surface area (Å²) in [5, 5.41) is 3.79. The van der Waals surface area contributed by atoms with Crippen LogP contribution in [0.15, 0.2) is 60.9 Å². The second-order valence-electron chi connectivity index (χ2n) is 7.01. The molecule has 1 aliphatic heterocycles. The number of carbonyl (C=O) groups excluding carboxylic acids is 1. The number of hydrogen-bond donors (Lipinski definition) is 2. The summed E-state index contributed by atoms with van der Waals surface area (Å²) in [6, 6.07) is 16.4. The normalized spacial score (nSPS) is 13.8. The number of carbonyl (C=O) groups is 1. The van der Waals surface area contributed by atoms with Crippen LogP contribution in [0.1, 0.15) is 21.5 Å². The Balaban J connectivity index is 1.64. The second kappa shape index (κ2) is 6.62. The molecule has 5 nitrogen and oxygen atoms in total. The van der Waals surface area contributed by atoms with Crippen molar-refractivity contribution in [1.29, 1.82) is 0 Å². The molecule has 2 N–H and O–H groups in total. The van der Waals surface area contributed by atoms with Crippen LogP contribution in [0.2, 0.25) is 0 Å². The van der Waals surface area contributed by atoms with Gasteiger partial charge in [0, 0.05) is 34.5 Å². The molecule has 0 bridgehead atoms. The molecule has 0 radical (unpaired) electrons. The highest BCUT2D eigenvalue weighted by Crippen LogP contribution is 2.33. The molecule has 5 rings (SSSR count). The van der Waals surface area contributed by atoms with E-state index in [0.29, 0.717) is 12.2 Å². The van der Waals surface area contributed by atoms with E-state index in [1.807, 2.05) is 42.7 Å². The molecule has 4 aromatic rings. The van der Waals surface area contributed by atoms with Crippen molar-refractivity contribution in [1.82, 2.24) is 15.3 Å². The Morgan fingerprint density at radius 3 is 2.79 bits per heavy atom. The van der Waals surface area contributed by atoms with Crippen LogP contribution in [0.4, 0.5) is 0 Å². The number of aromatic amines is 1. The van der Waals surface area contributed by atoms with Crippen LogP contribution >= 0.6 is 0 Å². The van der Waals surface area contributed by atoms with Crippen LogP contribution in [0.25, 0.3) is 33.3 Å². The zero-order chi connectivity index (χ0) is 19.1. The number of nitrogens with one attached hydrogen (secondary N) is 2. The van der Waals surface area contributed by atoms with Crippen LogP contribution < -0.4 is 5.32 Å². The Labute approximate surface area is 162 Å². The molecule has 28 heavy (non-hydrogen) atoms. The van der Waals surface area contributed by atoms with Crippen molar-refractivity contribution in [2.75, 3.05) is 6.73 Å². The molecule has 1 amide bonds. The van der Waals surface area contributed by atoms with Gasteiger partial charge in [0.1, 0.15) is 12.4 Å². The minimum atomic E-state index is -0.0958. The third kappa shape index (κ3) is 2.77. The molecule has 0 aliphatic carbocycles. The molecule has 5 heteroatoms. The van der Waals surface area contributed by atoms with Gasteiger partial charge in [0.25, 0.3) is 5.91 Å². The fourth-order valence-corrected chi connectivity index (χ4v) is 3.76. The van der Waals surface area contributed by atoms with Crippen molar-refractivity contribution in [2.45, 2.75) is 13.5 Å². The van der Waals surface area contributed by atoms with E-state index in [1.165, 1.54) is 11.1 Å². The predicted octanol–water partition coefficient (Wildman–Crippen LogP) is 4.42. The van der Waals surface area contributed by atoms with Gasteiger partial charge in [-0.05, 0) is 47.4 Å². The number of fused-ring (bicyclic) bond motifs is 2. The first-order chi connectivity index (χ1) is 13.7. The van der Waals surface area contributed by atoms with Gasteiger partial charge in [-0.2, -0.15) is 0 Å². The molecule has 1 aliphatic rings. The van der Waals surface area contributed by atoms with Gasteiger partial charge in [0.15, 0.2) is 0 Å². The van der Waals surface area contributed by atoms with Crippen molar-refractivity contribution in [3.8, 4) is 22.3 Å². The zero-order valence-corrected chi connectivity index (χ0v) is 15.5. The van der Waals surface area contributed by atoms with Crippen LogP contribution in [0.3, 0.4) is 0 Å². The average Bonchev–Trinajstić information content (AvgIpc) is 3.05. The zero-order valence-electron chi connectivity index (χ0n) is 15.5. The maximum absolute atomic E-state index is 12.1. The second-order valence-corrected chi connectivity index (χ2v) is 7.01. The van der Waals surface area contributed by atoms with Crippen molar-refractivity contribution < 1.29 is 9.53 Å². The quantitative estimate of drug-likeness (QED) is 0.549. The molecule has 0 saturated heterocycles. The Kier molecular flexibility index (Phi) is 3.95. The maximum Gasteiger partial charge on any atom is 0.253 e. The SMILES string of the molecule is Cc1ccccc1-c1cnc2[nH]cc(-c3ccc4c(c3)COCNC4=O)c2c1. The summed E-state index contributed by atoms with van der Waals surface area (Å²) in [4.78, 5) is 20.0. The number of nitrogens with zero attached hydrogens (tertiary/aromatic N) is 1. The van der Waals surface area contributed by atoms with Gasteiger partial charge < -0.3 is 15.0 Å². The molecular formula is C23H19N3O2. The topological polar surface area (TPSA) is 67.0 Å². The van der Waals surface area contributed by atoms with E-state index in [0.717, 1.165) is 33.3 Å². The number of ether oxygens (including phenoxy) is 1. The standard InChI is InChI=1S/C23H19N3O2/c1-14-4-2-3-5-18(14)16-9-20-21(11-25-22(20)24-10-16)15-6-7-19-17(8-15)12-28-13-26-23(19)27/h2-11H,12-13H2,1H3,(H,24,25)(H,26,27). The van der Waals surface area contributed by atoms with Gasteiger partial charge in [0.2, 0.25) is 0 Å². The van der Waals surface area contributed by atoms with Gasteiger partial charge in [-0.25, -0.2) is 4.98 Å². The lowest BCUT2D eigenvalue weighted by Gasteiger charge is -2.08. The third-order valence-corrected chi connectivity index (χ3v) is 5.24. The molecule has 138 valence electrons. The predicted molar refractivity (Wildman–Crippen MR) is 109 cm³/mol. The number of aryl methyl sites for hydroxylation is 1. The molecule has 3 heterocycles. The van der Waals surface area contributed by atoms with Crippen molar-refractivity contribution in [3.05, 3.63) is 77.6 Å². The average molecular weight is 369 g/mol. The highest BCUT2D eigenvalue weighted by molar-refractivity contribution is 5.99. The summed E-state index contributed by atoms with van der Waals surface area (Å²) >= 11 is 0. The molecular weight excluding hydrogens is 350 g/mol. The van der Waals surface area contributed by atoms with E-state index < -0.39 is 0 Å². The molecule has 2 aromatic heterocycles. The molecule has 0 spiro atoms. The Hall–Kier alpha value is -3.44. The van der Waals surface area contributed by atoms with Crippen molar-refractivity contribution >= 4 is 16.9 Å². The molecule has 0 unspecified atom stereocenters. The smallest absolute Gasteiger partial charge is 0.253 e. The monoisotopic (exact) mass is 369 g/mol. The first kappa shape index (κ1) is 16.7. The minimum Gasteiger partial charge on any atom is -0.357 e. The summed E-state index contributed by atoms with van der Waals surface area (Å²) < 4.78 is 5.49. The van der Waals surface area contributed by atoms with Crippen LogP contribution in [-0.4, -0.2) is 22.6 Å². The number of hydrogen-bond acceptors (Lipinski definition) is 3. The number of aromatic nitrogens is 2. The van der Waals surface area contributed by atoms with Crippen LogP contribution in [0, 0.1) is 6.92 Å². The van der Waals surface area contributed by atoms with E-state index in [4.69, 9.17) is 4.74 Å². The summed E-state index contributed by atoms with van der Waals surface area (Å²) in [6.45, 7) is 2.76. The highest BCUT2D eigenvalue weighted by atomic mass is 16.5. The molecule has 0 fully saturated rings. The third-order valence-electron chi connectivity index (χ3n) is 5.24. The van der Waals surface area contributed by atoms with E-state index >= 15 is 0 Å². The van der Waals surface area contributed by atoms with E-state index in [1.54, 1.807) is 0 Å². The van der Waals surface area contributed by atoms with Gasteiger partial charge in [-0.1, -0.05) is 30.3 Å². The first-order valence-electron chi connectivity index (χ1n) is 9.23. The Bertz CT molecular complexity index is 1210. The number of amides is 1. The molecule has 0 saturated carbocycles. The molecule has 0 atom stereocenters. The van der Waals surface area contributed by atoms with Gasteiger partial charge in [-0.3, -0.25) is 4.79 Å². The van der Waals surface area contributed by atoms with Crippen molar-refractivity contribution in [2.24, 2.45) is 0 Å². The maximum atomic E-state index is 12.1. The minimum absolute atomic E-state index is 0.0958. The Morgan fingerprint density at radius 1 is 1.00 bits per heavy atom. The summed E-state index contributed by atoms with van der Waals surface area (Å²) in [7, 11) is 0. The lowest BCUT2D eigenvalue weighted by atomic mass is 9.97. The lowest BCUT2D eigenvalue weighted by molar-refractivity contribution is 0.0810. The number of pyridine rings is 1. The van der Waals surface area contributed by atoms with Gasteiger partial charge in [0.05, 0.1) is 6.61 Å². The number of H-pyrrole nitrogens is 1. The summed E-state index contributed by atoms with van der Waals surface area (Å²) in [6.07, 6.45) is 3.87.